The van der Waals surface area contributed by atoms with Gasteiger partial charge in [-0.05, 0) is 20.3 Å². The van der Waals surface area contributed by atoms with Crippen molar-refractivity contribution in [3.63, 3.8) is 0 Å². The largest absolute Gasteiger partial charge is 0.374 e. The zero-order valence-electron chi connectivity index (χ0n) is 9.44. The summed E-state index contributed by atoms with van der Waals surface area (Å²) in [5.41, 5.74) is 5.25. The van der Waals surface area contributed by atoms with Crippen LogP contribution in [0.25, 0.3) is 0 Å². The number of hydrogen-bond donors (Lipinski definition) is 1. The Morgan fingerprint density at radius 1 is 1.53 bits per heavy atom. The Morgan fingerprint density at radius 3 is 2.53 bits per heavy atom. The number of carbonyl (C=O) groups excluding carboxylic acids is 1. The summed E-state index contributed by atoms with van der Waals surface area (Å²) in [5, 5.41) is 8.03. The molecule has 0 aromatic carbocycles. The summed E-state index contributed by atoms with van der Waals surface area (Å²) >= 11 is 1.12. The highest BCUT2D eigenvalue weighted by Crippen LogP contribution is 2.21. The average Bonchev–Trinajstić information content (AvgIpc) is 2.62. The highest BCUT2D eigenvalue weighted by molar-refractivity contribution is 7.16. The second-order valence-electron chi connectivity index (χ2n) is 3.98. The first-order chi connectivity index (χ1) is 6.88. The number of hydrogen-bond acceptors (Lipinski definition) is 5. The molecule has 15 heavy (non-hydrogen) atoms. The molecule has 0 radical (unpaired) electrons. The van der Waals surface area contributed by atoms with Gasteiger partial charge < -0.3 is 10.6 Å². The van der Waals surface area contributed by atoms with Crippen molar-refractivity contribution in [3.05, 3.63) is 5.01 Å². The number of carbonyl (C=O) groups is 1. The maximum Gasteiger partial charge on any atom is 0.285 e. The molecule has 0 saturated carbocycles. The van der Waals surface area contributed by atoms with Crippen LogP contribution in [0.15, 0.2) is 0 Å². The molecule has 1 aromatic heterocycles. The van der Waals surface area contributed by atoms with Crippen molar-refractivity contribution in [2.24, 2.45) is 0 Å². The van der Waals surface area contributed by atoms with Crippen molar-refractivity contribution < 1.29 is 4.79 Å². The maximum atomic E-state index is 11.9. The highest BCUT2D eigenvalue weighted by atomic mass is 32.1. The van der Waals surface area contributed by atoms with Gasteiger partial charge in [0.1, 0.15) is 0 Å². The van der Waals surface area contributed by atoms with E-state index in [1.165, 1.54) is 0 Å². The number of nitrogen functional groups attached to an aromatic ring is 1. The monoisotopic (exact) mass is 228 g/mol. The fourth-order valence-electron chi connectivity index (χ4n) is 0.977. The molecule has 1 heterocycles. The molecule has 0 unspecified atom stereocenters. The Bertz CT molecular complexity index is 361. The highest BCUT2D eigenvalue weighted by Gasteiger charge is 2.28. The van der Waals surface area contributed by atoms with Crippen molar-refractivity contribution >= 4 is 22.4 Å². The van der Waals surface area contributed by atoms with E-state index in [2.05, 4.69) is 10.2 Å². The van der Waals surface area contributed by atoms with Crippen molar-refractivity contribution in [1.82, 2.24) is 15.1 Å². The predicted octanol–water partition coefficient (Wildman–Crippen LogP) is 1.38. The average molecular weight is 228 g/mol. The molecule has 0 aliphatic heterocycles. The van der Waals surface area contributed by atoms with Gasteiger partial charge in [0.05, 0.1) is 0 Å². The molecule has 1 rings (SSSR count). The lowest BCUT2D eigenvalue weighted by molar-refractivity contribution is 0.0619. The lowest BCUT2D eigenvalue weighted by atomic mass is 10.00. The van der Waals surface area contributed by atoms with Crippen LogP contribution in [0, 0.1) is 0 Å². The van der Waals surface area contributed by atoms with E-state index >= 15 is 0 Å². The molecule has 0 atom stereocenters. The molecule has 0 bridgehead atoms. The Hall–Kier alpha value is -1.17. The van der Waals surface area contributed by atoms with Crippen molar-refractivity contribution in [1.29, 1.82) is 0 Å². The second-order valence-corrected chi connectivity index (χ2v) is 4.98. The van der Waals surface area contributed by atoms with Crippen LogP contribution in [-0.4, -0.2) is 33.6 Å². The SMILES string of the molecule is CCC(C)(C)N(C)C(=O)c1nnc(N)s1. The van der Waals surface area contributed by atoms with E-state index < -0.39 is 0 Å². The lowest BCUT2D eigenvalue weighted by Gasteiger charge is -2.34. The molecule has 0 saturated heterocycles. The fourth-order valence-corrected chi connectivity index (χ4v) is 1.56. The minimum atomic E-state index is -0.183. The van der Waals surface area contributed by atoms with Crippen LogP contribution >= 0.6 is 11.3 Å². The van der Waals surface area contributed by atoms with E-state index in [-0.39, 0.29) is 11.4 Å². The second kappa shape index (κ2) is 4.14. The van der Waals surface area contributed by atoms with Gasteiger partial charge in [0, 0.05) is 12.6 Å². The van der Waals surface area contributed by atoms with Gasteiger partial charge in [-0.1, -0.05) is 18.3 Å². The van der Waals surface area contributed by atoms with Gasteiger partial charge in [-0.15, -0.1) is 10.2 Å². The minimum absolute atomic E-state index is 0.129. The van der Waals surface area contributed by atoms with Crippen LogP contribution in [0.3, 0.4) is 0 Å². The van der Waals surface area contributed by atoms with Crippen molar-refractivity contribution in [2.75, 3.05) is 12.8 Å². The van der Waals surface area contributed by atoms with Gasteiger partial charge in [0.25, 0.3) is 5.91 Å². The maximum absolute atomic E-state index is 11.9. The first-order valence-corrected chi connectivity index (χ1v) is 5.57. The van der Waals surface area contributed by atoms with Gasteiger partial charge in [0.15, 0.2) is 0 Å². The molecular formula is C9H16N4OS. The van der Waals surface area contributed by atoms with Crippen molar-refractivity contribution in [3.8, 4) is 0 Å². The summed E-state index contributed by atoms with van der Waals surface area (Å²) < 4.78 is 0. The number of aromatic nitrogens is 2. The Morgan fingerprint density at radius 2 is 2.13 bits per heavy atom. The van der Waals surface area contributed by atoms with E-state index in [0.29, 0.717) is 10.1 Å². The normalized spacial score (nSPS) is 11.5. The Labute approximate surface area is 93.3 Å². The van der Waals surface area contributed by atoms with Crippen LogP contribution < -0.4 is 5.73 Å². The van der Waals surface area contributed by atoms with E-state index in [4.69, 9.17) is 5.73 Å². The topological polar surface area (TPSA) is 72.1 Å². The number of anilines is 1. The molecule has 1 amide bonds. The quantitative estimate of drug-likeness (QED) is 0.848. The van der Waals surface area contributed by atoms with Gasteiger partial charge in [-0.25, -0.2) is 0 Å². The standard InChI is InChI=1S/C9H16N4OS/c1-5-9(2,3)13(4)7(14)6-11-12-8(10)15-6/h5H2,1-4H3,(H2,10,12). The van der Waals surface area contributed by atoms with Crippen LogP contribution in [0.5, 0.6) is 0 Å². The van der Waals surface area contributed by atoms with E-state index in [1.54, 1.807) is 11.9 Å². The third kappa shape index (κ3) is 2.44. The third-order valence-corrected chi connectivity index (χ3v) is 3.44. The molecule has 0 fully saturated rings. The molecule has 6 heteroatoms. The third-order valence-electron chi connectivity index (χ3n) is 2.70. The van der Waals surface area contributed by atoms with Crippen LogP contribution in [-0.2, 0) is 0 Å². The first kappa shape index (κ1) is 11.9. The number of nitrogens with two attached hydrogens (primary N) is 1. The zero-order valence-corrected chi connectivity index (χ0v) is 10.3. The molecule has 1 aromatic rings. The van der Waals surface area contributed by atoms with Crippen LogP contribution in [0.2, 0.25) is 0 Å². The summed E-state index contributed by atoms with van der Waals surface area (Å²) in [6, 6.07) is 0. The van der Waals surface area contributed by atoms with Crippen LogP contribution in [0.4, 0.5) is 5.13 Å². The summed E-state index contributed by atoms with van der Waals surface area (Å²) in [7, 11) is 1.77. The minimum Gasteiger partial charge on any atom is -0.374 e. The van der Waals surface area contributed by atoms with Gasteiger partial charge in [0.2, 0.25) is 10.1 Å². The Balaban J connectivity index is 2.86. The van der Waals surface area contributed by atoms with Gasteiger partial charge in [-0.3, -0.25) is 4.79 Å². The number of amides is 1. The Kier molecular flexibility index (Phi) is 3.28. The zero-order chi connectivity index (χ0) is 11.6. The summed E-state index contributed by atoms with van der Waals surface area (Å²) in [6.45, 7) is 6.06. The molecule has 2 N–H and O–H groups in total. The van der Waals surface area contributed by atoms with E-state index in [1.807, 2.05) is 20.8 Å². The van der Waals surface area contributed by atoms with E-state index in [9.17, 15) is 4.79 Å². The van der Waals surface area contributed by atoms with Gasteiger partial charge >= 0.3 is 0 Å². The molecule has 0 aliphatic carbocycles. The molecule has 0 spiro atoms. The number of rotatable bonds is 3. The predicted molar refractivity (Wildman–Crippen MR) is 60.8 cm³/mol. The lowest BCUT2D eigenvalue weighted by Crippen LogP contribution is -2.44. The molecule has 84 valence electrons. The number of nitrogens with zero attached hydrogens (tertiary/aromatic N) is 3. The summed E-state index contributed by atoms with van der Waals surface area (Å²) in [5.74, 6) is -0.129. The smallest absolute Gasteiger partial charge is 0.285 e. The first-order valence-electron chi connectivity index (χ1n) is 4.75. The fraction of sp³-hybridized carbons (Fsp3) is 0.667. The van der Waals surface area contributed by atoms with Crippen LogP contribution in [0.1, 0.15) is 37.0 Å². The summed E-state index contributed by atoms with van der Waals surface area (Å²) in [4.78, 5) is 13.6. The molecule has 5 nitrogen and oxygen atoms in total. The molecular weight excluding hydrogens is 212 g/mol. The van der Waals surface area contributed by atoms with Gasteiger partial charge in [-0.2, -0.15) is 0 Å². The summed E-state index contributed by atoms with van der Waals surface area (Å²) in [6.07, 6.45) is 0.878. The van der Waals surface area contributed by atoms with Crippen molar-refractivity contribution in [2.45, 2.75) is 32.7 Å². The molecule has 0 aliphatic rings. The van der Waals surface area contributed by atoms with E-state index in [0.717, 1.165) is 17.8 Å².